The Morgan fingerprint density at radius 1 is 1.08 bits per heavy atom. The van der Waals surface area contributed by atoms with Crippen LogP contribution in [0.2, 0.25) is 0 Å². The van der Waals surface area contributed by atoms with Gasteiger partial charge in [0.1, 0.15) is 0 Å². The summed E-state index contributed by atoms with van der Waals surface area (Å²) < 4.78 is 3.50. The highest BCUT2D eigenvalue weighted by Gasteiger charge is 2.08. The Hall–Kier alpha value is -2.99. The Balaban J connectivity index is 1.69. The molecular formula is C18H14N4OS. The molecule has 24 heavy (non-hydrogen) atoms. The molecule has 0 saturated carbocycles. The van der Waals surface area contributed by atoms with Gasteiger partial charge in [0.05, 0.1) is 11.0 Å². The first kappa shape index (κ1) is 14.6. The lowest BCUT2D eigenvalue weighted by Gasteiger charge is -2.03. The number of thiazole rings is 1. The van der Waals surface area contributed by atoms with Crippen molar-refractivity contribution >= 4 is 28.4 Å². The number of carbonyl (C=O) groups is 1. The van der Waals surface area contributed by atoms with E-state index in [-0.39, 0.29) is 6.03 Å². The number of hydrogen-bond donors (Lipinski definition) is 0. The molecule has 5 nitrogen and oxygen atoms in total. The van der Waals surface area contributed by atoms with Gasteiger partial charge in [-0.15, -0.1) is 11.3 Å². The van der Waals surface area contributed by atoms with Gasteiger partial charge < -0.3 is 4.57 Å². The van der Waals surface area contributed by atoms with Crippen LogP contribution in [0.3, 0.4) is 0 Å². The van der Waals surface area contributed by atoms with E-state index < -0.39 is 0 Å². The quantitative estimate of drug-likeness (QED) is 0.563. The van der Waals surface area contributed by atoms with Crippen LogP contribution >= 0.6 is 11.3 Å². The predicted molar refractivity (Wildman–Crippen MR) is 93.9 cm³/mol. The fourth-order valence-corrected chi connectivity index (χ4v) is 3.28. The van der Waals surface area contributed by atoms with Crippen molar-refractivity contribution in [2.24, 2.45) is 4.99 Å². The minimum absolute atomic E-state index is 0.317. The van der Waals surface area contributed by atoms with Gasteiger partial charge in [-0.05, 0) is 23.8 Å². The number of hydrogen-bond acceptors (Lipinski definition) is 3. The van der Waals surface area contributed by atoms with Crippen LogP contribution in [0, 0.1) is 0 Å². The van der Waals surface area contributed by atoms with E-state index in [0.29, 0.717) is 11.3 Å². The van der Waals surface area contributed by atoms with E-state index in [1.165, 1.54) is 21.5 Å². The lowest BCUT2D eigenvalue weighted by Crippen LogP contribution is -2.18. The zero-order valence-electron chi connectivity index (χ0n) is 12.7. The summed E-state index contributed by atoms with van der Waals surface area (Å²) in [4.78, 5) is 21.8. The Morgan fingerprint density at radius 3 is 2.83 bits per heavy atom. The van der Waals surface area contributed by atoms with Crippen LogP contribution in [-0.2, 0) is 6.54 Å². The van der Waals surface area contributed by atoms with E-state index in [9.17, 15) is 4.79 Å². The van der Waals surface area contributed by atoms with E-state index in [1.807, 2.05) is 52.5 Å². The summed E-state index contributed by atoms with van der Waals surface area (Å²) in [5.41, 5.74) is 2.71. The molecule has 0 fully saturated rings. The highest BCUT2D eigenvalue weighted by Crippen LogP contribution is 2.12. The third-order valence-corrected chi connectivity index (χ3v) is 4.50. The van der Waals surface area contributed by atoms with Crippen LogP contribution in [-0.4, -0.2) is 20.1 Å². The smallest absolute Gasteiger partial charge is 0.319 e. The maximum absolute atomic E-state index is 12.6. The Kier molecular flexibility index (Phi) is 3.80. The van der Waals surface area contributed by atoms with E-state index in [0.717, 1.165) is 11.0 Å². The van der Waals surface area contributed by atoms with E-state index in [2.05, 4.69) is 22.1 Å². The lowest BCUT2D eigenvalue weighted by atomic mass is 10.2. The fraction of sp³-hybridized carbons (Fsp3) is 0.0556. The average molecular weight is 334 g/mol. The Bertz CT molecular complexity index is 1060. The molecule has 3 aromatic heterocycles. The molecule has 0 aliphatic carbocycles. The molecule has 0 unspecified atom stereocenters. The van der Waals surface area contributed by atoms with Crippen molar-refractivity contribution in [3.8, 4) is 0 Å². The van der Waals surface area contributed by atoms with E-state index in [4.69, 9.17) is 0 Å². The number of amides is 1. The molecule has 6 heteroatoms. The first-order valence-electron chi connectivity index (χ1n) is 7.50. The molecule has 118 valence electrons. The van der Waals surface area contributed by atoms with Gasteiger partial charge in [0.25, 0.3) is 0 Å². The molecular weight excluding hydrogens is 320 g/mol. The molecule has 4 aromatic rings. The third kappa shape index (κ3) is 2.79. The Labute approximate surface area is 142 Å². The number of fused-ring (bicyclic) bond motifs is 1. The van der Waals surface area contributed by atoms with Crippen molar-refractivity contribution in [3.05, 3.63) is 82.9 Å². The van der Waals surface area contributed by atoms with Crippen LogP contribution in [0.25, 0.3) is 11.0 Å². The molecule has 0 saturated heterocycles. The summed E-state index contributed by atoms with van der Waals surface area (Å²) in [5, 5.41) is 1.93. The summed E-state index contributed by atoms with van der Waals surface area (Å²) in [7, 11) is 0. The summed E-state index contributed by atoms with van der Waals surface area (Å²) in [6.07, 6.45) is 5.36. The van der Waals surface area contributed by atoms with Gasteiger partial charge in [0.2, 0.25) is 0 Å². The molecule has 0 atom stereocenters. The molecule has 0 aliphatic rings. The molecule has 0 N–H and O–H groups in total. The van der Waals surface area contributed by atoms with E-state index >= 15 is 0 Å². The standard InChI is InChI=1S/C18H14N4OS/c23-17(22-10-8-15-16(22)7-4-9-19-15)20-18-21(11-12-24-18)13-14-5-2-1-3-6-14/h1-12H,13H2/b20-18-. The second-order valence-electron chi connectivity index (χ2n) is 5.29. The molecule has 1 aromatic carbocycles. The highest BCUT2D eigenvalue weighted by atomic mass is 32.1. The second-order valence-corrected chi connectivity index (χ2v) is 6.16. The number of rotatable bonds is 2. The summed E-state index contributed by atoms with van der Waals surface area (Å²) in [6, 6.07) is 15.3. The van der Waals surface area contributed by atoms with Crippen molar-refractivity contribution in [3.63, 3.8) is 0 Å². The van der Waals surface area contributed by atoms with Gasteiger partial charge in [-0.2, -0.15) is 4.99 Å². The second kappa shape index (κ2) is 6.25. The molecule has 0 bridgehead atoms. The Morgan fingerprint density at radius 2 is 1.96 bits per heavy atom. The maximum atomic E-state index is 12.6. The van der Waals surface area contributed by atoms with Crippen molar-refractivity contribution < 1.29 is 4.79 Å². The number of pyridine rings is 1. The SMILES string of the molecule is O=C(/N=c1\sccn1Cc1ccccc1)n1ccc2ncccc21. The minimum atomic E-state index is -0.317. The summed E-state index contributed by atoms with van der Waals surface area (Å²) in [6.45, 7) is 0.685. The number of benzene rings is 1. The van der Waals surface area contributed by atoms with Crippen LogP contribution in [0.4, 0.5) is 4.79 Å². The zero-order valence-corrected chi connectivity index (χ0v) is 13.6. The number of aromatic nitrogens is 3. The van der Waals surface area contributed by atoms with Gasteiger partial charge in [-0.25, -0.2) is 4.79 Å². The topological polar surface area (TPSA) is 52.2 Å². The fourth-order valence-electron chi connectivity index (χ4n) is 2.56. The molecule has 1 amide bonds. The number of nitrogens with zero attached hydrogens (tertiary/aromatic N) is 4. The van der Waals surface area contributed by atoms with Gasteiger partial charge in [0, 0.05) is 30.5 Å². The molecule has 4 rings (SSSR count). The average Bonchev–Trinajstić information content (AvgIpc) is 3.23. The normalized spacial score (nSPS) is 11.9. The first-order chi connectivity index (χ1) is 11.8. The monoisotopic (exact) mass is 334 g/mol. The van der Waals surface area contributed by atoms with E-state index in [1.54, 1.807) is 12.4 Å². The van der Waals surface area contributed by atoms with Crippen LogP contribution in [0.15, 0.2) is 77.5 Å². The van der Waals surface area contributed by atoms with Gasteiger partial charge in [-0.3, -0.25) is 9.55 Å². The van der Waals surface area contributed by atoms with Gasteiger partial charge >= 0.3 is 6.03 Å². The number of carbonyl (C=O) groups excluding carboxylic acids is 1. The molecule has 0 aliphatic heterocycles. The first-order valence-corrected chi connectivity index (χ1v) is 8.38. The predicted octanol–water partition coefficient (Wildman–Crippen LogP) is 3.52. The zero-order chi connectivity index (χ0) is 16.4. The van der Waals surface area contributed by atoms with Crippen LogP contribution < -0.4 is 4.80 Å². The lowest BCUT2D eigenvalue weighted by molar-refractivity contribution is 0.250. The van der Waals surface area contributed by atoms with Gasteiger partial charge in [-0.1, -0.05) is 30.3 Å². The molecule has 0 radical (unpaired) electrons. The van der Waals surface area contributed by atoms with Crippen molar-refractivity contribution in [2.75, 3.05) is 0 Å². The van der Waals surface area contributed by atoms with Crippen molar-refractivity contribution in [1.82, 2.24) is 14.1 Å². The molecule has 3 heterocycles. The maximum Gasteiger partial charge on any atom is 0.354 e. The van der Waals surface area contributed by atoms with Crippen molar-refractivity contribution in [2.45, 2.75) is 6.54 Å². The highest BCUT2D eigenvalue weighted by molar-refractivity contribution is 7.07. The van der Waals surface area contributed by atoms with Crippen LogP contribution in [0.5, 0.6) is 0 Å². The summed E-state index contributed by atoms with van der Waals surface area (Å²) in [5.74, 6) is 0. The molecule has 0 spiro atoms. The minimum Gasteiger partial charge on any atom is -0.319 e. The van der Waals surface area contributed by atoms with Crippen molar-refractivity contribution in [1.29, 1.82) is 0 Å². The third-order valence-electron chi connectivity index (χ3n) is 3.71. The summed E-state index contributed by atoms with van der Waals surface area (Å²) >= 11 is 1.45. The van der Waals surface area contributed by atoms with Crippen LogP contribution in [0.1, 0.15) is 5.56 Å². The largest absolute Gasteiger partial charge is 0.354 e. The van der Waals surface area contributed by atoms with Gasteiger partial charge in [0.15, 0.2) is 4.80 Å².